The van der Waals surface area contributed by atoms with Crippen molar-refractivity contribution in [3.05, 3.63) is 119 Å². The van der Waals surface area contributed by atoms with Gasteiger partial charge in [-0.15, -0.1) is 0 Å². The largest absolute Gasteiger partial charge is 0.294 e. The summed E-state index contributed by atoms with van der Waals surface area (Å²) in [6, 6.07) is 25.5. The van der Waals surface area contributed by atoms with Gasteiger partial charge in [0.1, 0.15) is 0 Å². The molecule has 6 aliphatic carbocycles. The van der Waals surface area contributed by atoms with Crippen LogP contribution in [-0.2, 0) is 0 Å². The van der Waals surface area contributed by atoms with Crippen LogP contribution in [0.1, 0.15) is 70.4 Å². The quantitative estimate of drug-likeness (QED) is 0.217. The Morgan fingerprint density at radius 2 is 0.925 bits per heavy atom. The third-order valence-corrected chi connectivity index (χ3v) is 11.9. The van der Waals surface area contributed by atoms with Crippen LogP contribution < -0.4 is 0 Å². The topological polar surface area (TPSA) is 34.1 Å². The fraction of sp³-hybridized carbons (Fsp3) is 0.316. The third kappa shape index (κ3) is 2.61. The zero-order chi connectivity index (χ0) is 27.0. The first-order valence-corrected chi connectivity index (χ1v) is 14.9. The fourth-order valence-electron chi connectivity index (χ4n) is 9.92. The van der Waals surface area contributed by atoms with Gasteiger partial charge in [-0.05, 0) is 81.3 Å². The Kier molecular flexibility index (Phi) is 4.30. The average molecular weight is 521 g/mol. The van der Waals surface area contributed by atoms with Gasteiger partial charge in [-0.1, -0.05) is 98.8 Å². The first-order valence-electron chi connectivity index (χ1n) is 14.9. The highest BCUT2D eigenvalue weighted by Crippen LogP contribution is 2.67. The van der Waals surface area contributed by atoms with Crippen molar-refractivity contribution in [1.82, 2.24) is 0 Å². The van der Waals surface area contributed by atoms with Gasteiger partial charge < -0.3 is 0 Å². The van der Waals surface area contributed by atoms with Crippen LogP contribution in [-0.4, -0.2) is 11.6 Å². The highest BCUT2D eigenvalue weighted by Gasteiger charge is 2.63. The standard InChI is InChI=1S/2C19H16O/c2*1-19-14-7-6-13(8-14)17(19)15-9-11-4-2-3-5-12(11)10-16(15)18(19)20/h2*2-7,9-10,13-14,17H,8H2,1H3/t2*13-,14+,17+,19+/m10/s1. The van der Waals surface area contributed by atoms with Gasteiger partial charge in [0, 0.05) is 33.8 Å². The van der Waals surface area contributed by atoms with E-state index in [1.807, 2.05) is 12.1 Å². The molecule has 40 heavy (non-hydrogen) atoms. The number of benzene rings is 4. The molecular formula is C38H32O2. The van der Waals surface area contributed by atoms with Crippen molar-refractivity contribution in [3.63, 3.8) is 0 Å². The number of carbonyl (C=O) groups excluding carboxylic acids is 2. The Morgan fingerprint density at radius 3 is 1.32 bits per heavy atom. The minimum atomic E-state index is -0.181. The molecule has 2 saturated carbocycles. The normalized spacial score (nSPS) is 36.6. The summed E-state index contributed by atoms with van der Waals surface area (Å²) in [7, 11) is 0. The Bertz CT molecular complexity index is 1740. The molecule has 0 saturated heterocycles. The molecule has 4 aromatic carbocycles. The summed E-state index contributed by atoms with van der Waals surface area (Å²) in [6.45, 7) is 4.39. The summed E-state index contributed by atoms with van der Waals surface area (Å²) in [5, 5.41) is 4.89. The number of Topliss-reactive ketones (excluding diaryl/α,β-unsaturated/α-hetero) is 2. The molecule has 4 bridgehead atoms. The Hall–Kier alpha value is -3.78. The van der Waals surface area contributed by atoms with Crippen LogP contribution in [0.5, 0.6) is 0 Å². The maximum absolute atomic E-state index is 13.0. The van der Waals surface area contributed by atoms with E-state index in [-0.39, 0.29) is 10.8 Å². The minimum absolute atomic E-state index is 0.181. The van der Waals surface area contributed by atoms with E-state index < -0.39 is 0 Å². The number of rotatable bonds is 0. The predicted molar refractivity (Wildman–Crippen MR) is 160 cm³/mol. The van der Waals surface area contributed by atoms with Crippen LogP contribution in [0.15, 0.2) is 97.1 Å². The second kappa shape index (κ2) is 7.49. The number of hydrogen-bond donors (Lipinski definition) is 0. The van der Waals surface area contributed by atoms with Gasteiger partial charge >= 0.3 is 0 Å². The lowest BCUT2D eigenvalue weighted by atomic mass is 9.70. The van der Waals surface area contributed by atoms with Gasteiger partial charge in [0.15, 0.2) is 11.6 Å². The maximum Gasteiger partial charge on any atom is 0.170 e. The molecule has 6 aliphatic rings. The summed E-state index contributed by atoms with van der Waals surface area (Å²) >= 11 is 0. The highest BCUT2D eigenvalue weighted by molar-refractivity contribution is 6.10. The second-order valence-electron chi connectivity index (χ2n) is 13.5. The number of fused-ring (bicyclic) bond motifs is 16. The summed E-state index contributed by atoms with van der Waals surface area (Å²) in [5.74, 6) is 3.59. The first-order chi connectivity index (χ1) is 19.4. The van der Waals surface area contributed by atoms with Crippen molar-refractivity contribution >= 4 is 33.1 Å². The number of carbonyl (C=O) groups is 2. The van der Waals surface area contributed by atoms with Crippen LogP contribution in [0, 0.1) is 34.5 Å². The number of allylic oxidation sites excluding steroid dienone is 4. The van der Waals surface area contributed by atoms with Gasteiger partial charge in [-0.3, -0.25) is 9.59 Å². The zero-order valence-electron chi connectivity index (χ0n) is 22.9. The van der Waals surface area contributed by atoms with E-state index in [4.69, 9.17) is 0 Å². The Labute approximate surface area is 234 Å². The molecule has 0 amide bonds. The summed E-state index contributed by atoms with van der Waals surface area (Å²) in [4.78, 5) is 26.0. The monoisotopic (exact) mass is 520 g/mol. The van der Waals surface area contributed by atoms with Gasteiger partial charge in [0.2, 0.25) is 0 Å². The Morgan fingerprint density at radius 1 is 0.550 bits per heavy atom. The molecule has 2 nitrogen and oxygen atoms in total. The number of ketones is 2. The number of hydrogen-bond acceptors (Lipinski definition) is 2. The van der Waals surface area contributed by atoms with Crippen molar-refractivity contribution in [3.8, 4) is 0 Å². The molecule has 0 N–H and O–H groups in total. The molecule has 0 aliphatic heterocycles. The molecule has 8 atom stereocenters. The van der Waals surface area contributed by atoms with Crippen molar-refractivity contribution in [2.45, 2.75) is 38.5 Å². The molecular weight excluding hydrogens is 488 g/mol. The molecule has 0 radical (unpaired) electrons. The molecule has 2 fully saturated rings. The predicted octanol–water partition coefficient (Wildman–Crippen LogP) is 8.66. The lowest BCUT2D eigenvalue weighted by Crippen LogP contribution is -2.32. The maximum atomic E-state index is 13.0. The van der Waals surface area contributed by atoms with Gasteiger partial charge in [0.05, 0.1) is 0 Å². The first kappa shape index (κ1) is 23.0. The van der Waals surface area contributed by atoms with Crippen LogP contribution >= 0.6 is 0 Å². The molecule has 0 unspecified atom stereocenters. The molecule has 4 aromatic rings. The highest BCUT2D eigenvalue weighted by atomic mass is 16.1. The Balaban J connectivity index is 0.000000115. The lowest BCUT2D eigenvalue weighted by Gasteiger charge is -2.31. The zero-order valence-corrected chi connectivity index (χ0v) is 22.9. The molecule has 0 heterocycles. The van der Waals surface area contributed by atoms with E-state index in [2.05, 4.69) is 98.8 Å². The minimum Gasteiger partial charge on any atom is -0.294 e. The van der Waals surface area contributed by atoms with E-state index in [9.17, 15) is 9.59 Å². The van der Waals surface area contributed by atoms with Gasteiger partial charge in [-0.2, -0.15) is 0 Å². The van der Waals surface area contributed by atoms with Gasteiger partial charge in [0.25, 0.3) is 0 Å². The van der Waals surface area contributed by atoms with E-state index in [1.165, 1.54) is 45.5 Å². The van der Waals surface area contributed by atoms with Gasteiger partial charge in [-0.25, -0.2) is 0 Å². The van der Waals surface area contributed by atoms with Crippen LogP contribution in [0.3, 0.4) is 0 Å². The lowest BCUT2D eigenvalue weighted by molar-refractivity contribution is 0.0775. The molecule has 2 heteroatoms. The van der Waals surface area contributed by atoms with Crippen LogP contribution in [0.25, 0.3) is 21.5 Å². The fourth-order valence-corrected chi connectivity index (χ4v) is 9.92. The summed E-state index contributed by atoms with van der Waals surface area (Å²) in [5.41, 5.74) is 4.20. The van der Waals surface area contributed by atoms with E-state index >= 15 is 0 Å². The molecule has 0 aromatic heterocycles. The van der Waals surface area contributed by atoms with Crippen molar-refractivity contribution < 1.29 is 9.59 Å². The molecule has 0 spiro atoms. The molecule has 10 rings (SSSR count). The summed E-state index contributed by atoms with van der Waals surface area (Å²) in [6.07, 6.45) is 11.6. The average Bonchev–Trinajstić information content (AvgIpc) is 3.80. The smallest absolute Gasteiger partial charge is 0.170 e. The summed E-state index contributed by atoms with van der Waals surface area (Å²) < 4.78 is 0. The van der Waals surface area contributed by atoms with Crippen molar-refractivity contribution in [2.75, 3.05) is 0 Å². The van der Waals surface area contributed by atoms with Crippen molar-refractivity contribution in [1.29, 1.82) is 0 Å². The second-order valence-corrected chi connectivity index (χ2v) is 13.5. The van der Waals surface area contributed by atoms with Crippen LogP contribution in [0.2, 0.25) is 0 Å². The van der Waals surface area contributed by atoms with Crippen LogP contribution in [0.4, 0.5) is 0 Å². The van der Waals surface area contributed by atoms with E-state index in [0.717, 1.165) is 11.1 Å². The van der Waals surface area contributed by atoms with E-state index in [0.29, 0.717) is 47.1 Å². The third-order valence-electron chi connectivity index (χ3n) is 11.9. The van der Waals surface area contributed by atoms with E-state index in [1.54, 1.807) is 0 Å². The van der Waals surface area contributed by atoms with Crippen molar-refractivity contribution in [2.24, 2.45) is 34.5 Å². The SMILES string of the molecule is C[C@@]12C(=O)c3cc4ccccc4cc3[C@@H]1[C@@H]1C=C[C@H]2C1.C[C@]12C(=O)c3cc4ccccc4cc3[C@H]1[C@H]1C=C[C@@H]2C1. The molecule has 196 valence electrons.